The van der Waals surface area contributed by atoms with Gasteiger partial charge in [0.15, 0.2) is 0 Å². The molecule has 0 aliphatic heterocycles. The zero-order valence-corrected chi connectivity index (χ0v) is 16.6. The van der Waals surface area contributed by atoms with Crippen LogP contribution in [0.1, 0.15) is 9.75 Å². The molecular formula is C20H16N4O2S2. The lowest BCUT2D eigenvalue weighted by Gasteiger charge is -2.06. The lowest BCUT2D eigenvalue weighted by atomic mass is 10.0. The Kier molecular flexibility index (Phi) is 5.14. The summed E-state index contributed by atoms with van der Waals surface area (Å²) in [7, 11) is 0. The van der Waals surface area contributed by atoms with Gasteiger partial charge in [0.1, 0.15) is 11.4 Å². The lowest BCUT2D eigenvalue weighted by Crippen LogP contribution is -2.30. The molecule has 4 aromatic rings. The molecule has 1 aromatic carbocycles. The van der Waals surface area contributed by atoms with Crippen LogP contribution in [0.25, 0.3) is 21.3 Å². The van der Waals surface area contributed by atoms with Crippen molar-refractivity contribution in [2.75, 3.05) is 0 Å². The normalized spacial score (nSPS) is 11.3. The molecule has 3 heterocycles. The van der Waals surface area contributed by atoms with E-state index in [0.29, 0.717) is 10.2 Å². The summed E-state index contributed by atoms with van der Waals surface area (Å²) in [6, 6.07) is 13.5. The summed E-state index contributed by atoms with van der Waals surface area (Å²) in [6.07, 6.45) is 2.99. The molecule has 0 spiro atoms. The first-order valence-electron chi connectivity index (χ1n) is 8.53. The molecule has 0 aliphatic carbocycles. The number of carbonyl (C=O) groups is 1. The number of benzene rings is 1. The van der Waals surface area contributed by atoms with Crippen LogP contribution in [0, 0.1) is 6.92 Å². The largest absolute Gasteiger partial charge is 0.289 e. The third-order valence-corrected chi connectivity index (χ3v) is 5.98. The van der Waals surface area contributed by atoms with E-state index in [-0.39, 0.29) is 18.0 Å². The number of nitrogens with zero attached hydrogens (tertiary/aromatic N) is 3. The van der Waals surface area contributed by atoms with Crippen molar-refractivity contribution in [1.29, 1.82) is 0 Å². The van der Waals surface area contributed by atoms with Crippen LogP contribution in [-0.2, 0) is 11.3 Å². The zero-order valence-electron chi connectivity index (χ0n) is 15.0. The van der Waals surface area contributed by atoms with Crippen molar-refractivity contribution >= 4 is 45.0 Å². The van der Waals surface area contributed by atoms with E-state index in [4.69, 9.17) is 0 Å². The van der Waals surface area contributed by atoms with Gasteiger partial charge in [-0.15, -0.1) is 22.7 Å². The first kappa shape index (κ1) is 18.3. The van der Waals surface area contributed by atoms with Crippen LogP contribution >= 0.6 is 22.7 Å². The average molecular weight is 409 g/mol. The summed E-state index contributed by atoms with van der Waals surface area (Å²) in [5.74, 6) is -0.385. The predicted molar refractivity (Wildman–Crippen MR) is 114 cm³/mol. The molecule has 0 saturated heterocycles. The van der Waals surface area contributed by atoms with Gasteiger partial charge in [-0.3, -0.25) is 14.2 Å². The van der Waals surface area contributed by atoms with E-state index in [9.17, 15) is 9.59 Å². The Morgan fingerprint density at radius 3 is 2.82 bits per heavy atom. The second-order valence-electron chi connectivity index (χ2n) is 6.07. The summed E-state index contributed by atoms with van der Waals surface area (Å²) < 4.78 is 1.32. The Labute approximate surface area is 168 Å². The predicted octanol–water partition coefficient (Wildman–Crippen LogP) is 3.65. The number of amides is 1. The maximum Gasteiger partial charge on any atom is 0.263 e. The van der Waals surface area contributed by atoms with E-state index in [1.54, 1.807) is 6.21 Å². The molecule has 0 saturated carbocycles. The molecule has 1 N–H and O–H groups in total. The molecule has 0 bridgehead atoms. The van der Waals surface area contributed by atoms with Gasteiger partial charge in [0.05, 0.1) is 17.9 Å². The van der Waals surface area contributed by atoms with Crippen molar-refractivity contribution in [2.24, 2.45) is 5.10 Å². The fraction of sp³-hybridized carbons (Fsp3) is 0.100. The number of hydrogen-bond acceptors (Lipinski definition) is 6. The number of hydrazone groups is 1. The molecule has 28 heavy (non-hydrogen) atoms. The minimum absolute atomic E-state index is 0.146. The van der Waals surface area contributed by atoms with E-state index >= 15 is 0 Å². The number of hydrogen-bond donors (Lipinski definition) is 1. The van der Waals surface area contributed by atoms with Crippen molar-refractivity contribution < 1.29 is 4.79 Å². The number of fused-ring (bicyclic) bond motifs is 1. The number of nitrogens with one attached hydrogen (secondary N) is 1. The third-order valence-electron chi connectivity index (χ3n) is 4.16. The number of carbonyl (C=O) groups excluding carboxylic acids is 1. The fourth-order valence-electron chi connectivity index (χ4n) is 2.93. The molecule has 0 radical (unpaired) electrons. The average Bonchev–Trinajstić information content (AvgIpc) is 3.32. The van der Waals surface area contributed by atoms with Crippen molar-refractivity contribution in [1.82, 2.24) is 15.0 Å². The maximum atomic E-state index is 13.0. The molecule has 0 aliphatic rings. The highest BCUT2D eigenvalue weighted by molar-refractivity contribution is 7.19. The highest BCUT2D eigenvalue weighted by atomic mass is 32.1. The zero-order chi connectivity index (χ0) is 19.5. The Balaban J connectivity index is 1.63. The summed E-state index contributed by atoms with van der Waals surface area (Å²) in [6.45, 7) is 1.83. The summed E-state index contributed by atoms with van der Waals surface area (Å²) in [5, 5.41) is 6.40. The number of rotatable bonds is 5. The Bertz CT molecular complexity index is 1210. The van der Waals surface area contributed by atoms with Crippen LogP contribution in [0.15, 0.2) is 64.1 Å². The second kappa shape index (κ2) is 7.87. The SMILES string of the molecule is Cc1sc2ncn(CC(=O)N/N=C\c3cccs3)c(=O)c2c1-c1ccccc1. The standard InChI is InChI=1S/C20H16N4O2S2/c1-13-17(14-6-3-2-4-7-14)18-19(28-13)21-12-24(20(18)26)11-16(25)23-22-10-15-8-5-9-27-15/h2-10,12H,11H2,1H3,(H,23,25)/b22-10-. The Morgan fingerprint density at radius 1 is 1.25 bits per heavy atom. The van der Waals surface area contributed by atoms with Gasteiger partial charge >= 0.3 is 0 Å². The van der Waals surface area contributed by atoms with Crippen molar-refractivity contribution in [2.45, 2.75) is 13.5 Å². The van der Waals surface area contributed by atoms with Gasteiger partial charge < -0.3 is 0 Å². The van der Waals surface area contributed by atoms with E-state index < -0.39 is 0 Å². The van der Waals surface area contributed by atoms with E-state index in [2.05, 4.69) is 15.5 Å². The lowest BCUT2D eigenvalue weighted by molar-refractivity contribution is -0.121. The molecular weight excluding hydrogens is 392 g/mol. The minimum Gasteiger partial charge on any atom is -0.289 e. The molecule has 140 valence electrons. The molecule has 0 unspecified atom stereocenters. The first-order chi connectivity index (χ1) is 13.6. The second-order valence-corrected chi connectivity index (χ2v) is 8.25. The molecule has 4 rings (SSSR count). The van der Waals surface area contributed by atoms with Gasteiger partial charge in [0.25, 0.3) is 11.5 Å². The van der Waals surface area contributed by atoms with Crippen molar-refractivity contribution in [3.63, 3.8) is 0 Å². The molecule has 1 amide bonds. The number of aryl methyl sites for hydroxylation is 1. The molecule has 3 aromatic heterocycles. The van der Waals surface area contributed by atoms with Crippen molar-refractivity contribution in [3.8, 4) is 11.1 Å². The van der Waals surface area contributed by atoms with Crippen LogP contribution in [0.2, 0.25) is 0 Å². The Hall–Kier alpha value is -3.10. The number of thiophene rings is 2. The van der Waals surface area contributed by atoms with Crippen LogP contribution in [0.5, 0.6) is 0 Å². The first-order valence-corrected chi connectivity index (χ1v) is 10.2. The summed E-state index contributed by atoms with van der Waals surface area (Å²) >= 11 is 3.00. The fourth-order valence-corrected chi connectivity index (χ4v) is 4.51. The van der Waals surface area contributed by atoms with E-state index in [0.717, 1.165) is 20.9 Å². The number of aromatic nitrogens is 2. The maximum absolute atomic E-state index is 13.0. The monoisotopic (exact) mass is 408 g/mol. The van der Waals surface area contributed by atoms with Gasteiger partial charge in [-0.1, -0.05) is 36.4 Å². The van der Waals surface area contributed by atoms with Gasteiger partial charge in [-0.05, 0) is 23.9 Å². The molecule has 8 heteroatoms. The minimum atomic E-state index is -0.385. The Morgan fingerprint density at radius 2 is 2.07 bits per heavy atom. The van der Waals surface area contributed by atoms with E-state index in [1.807, 2.05) is 54.8 Å². The van der Waals surface area contributed by atoms with Gasteiger partial charge in [-0.25, -0.2) is 10.4 Å². The van der Waals surface area contributed by atoms with Gasteiger partial charge in [0, 0.05) is 15.3 Å². The van der Waals surface area contributed by atoms with E-state index in [1.165, 1.54) is 33.6 Å². The molecule has 0 fully saturated rings. The summed E-state index contributed by atoms with van der Waals surface area (Å²) in [5.41, 5.74) is 4.06. The highest BCUT2D eigenvalue weighted by Crippen LogP contribution is 2.35. The smallest absolute Gasteiger partial charge is 0.263 e. The highest BCUT2D eigenvalue weighted by Gasteiger charge is 2.17. The third kappa shape index (κ3) is 3.64. The quantitative estimate of drug-likeness (QED) is 0.405. The van der Waals surface area contributed by atoms with Crippen LogP contribution in [0.3, 0.4) is 0 Å². The summed E-state index contributed by atoms with van der Waals surface area (Å²) in [4.78, 5) is 32.2. The topological polar surface area (TPSA) is 76.3 Å². The molecule has 6 nitrogen and oxygen atoms in total. The van der Waals surface area contributed by atoms with Crippen molar-refractivity contribution in [3.05, 3.63) is 74.3 Å². The van der Waals surface area contributed by atoms with Crippen LogP contribution < -0.4 is 11.0 Å². The molecule has 0 atom stereocenters. The van der Waals surface area contributed by atoms with Gasteiger partial charge in [0.2, 0.25) is 0 Å². The van der Waals surface area contributed by atoms with Crippen LogP contribution in [-0.4, -0.2) is 21.7 Å². The van der Waals surface area contributed by atoms with Crippen LogP contribution in [0.4, 0.5) is 0 Å². The van der Waals surface area contributed by atoms with Gasteiger partial charge in [-0.2, -0.15) is 5.10 Å².